The van der Waals surface area contributed by atoms with Gasteiger partial charge >= 0.3 is 0 Å². The van der Waals surface area contributed by atoms with Crippen molar-refractivity contribution >= 4 is 5.69 Å². The molecule has 0 spiro atoms. The van der Waals surface area contributed by atoms with E-state index >= 15 is 8.78 Å². The van der Waals surface area contributed by atoms with Crippen molar-refractivity contribution in [3.05, 3.63) is 76.4 Å². The van der Waals surface area contributed by atoms with Crippen LogP contribution in [0.25, 0.3) is 27.4 Å². The standard InChI is InChI=1S/C28H33F2N3/c1-17-22(20-13-11-18(15-32(20)9)27(2,3)4)24(29)26(31-8)25(30)23(17)21-14-12-19(16-33(21)10)28(5,6)7/h11-16H,1-7,9-10H3/q+2. The highest BCUT2D eigenvalue weighted by molar-refractivity contribution is 5.80. The predicted molar refractivity (Wildman–Crippen MR) is 128 cm³/mol. The van der Waals surface area contributed by atoms with Crippen molar-refractivity contribution in [3.63, 3.8) is 0 Å². The SMILES string of the molecule is [C-]#[N+]c1c(F)c(-c2ccc(C(C)(C)C)c[n+]2C)c(C)c(-c2ccc(C(C)(C)C)c[n+]2C)c1F. The van der Waals surface area contributed by atoms with Crippen molar-refractivity contribution in [2.24, 2.45) is 14.1 Å². The first kappa shape index (κ1) is 24.5. The first-order valence-electron chi connectivity index (χ1n) is 11.1. The Morgan fingerprint density at radius 1 is 0.727 bits per heavy atom. The van der Waals surface area contributed by atoms with Gasteiger partial charge in [0, 0.05) is 23.3 Å². The van der Waals surface area contributed by atoms with Crippen LogP contribution in [0.3, 0.4) is 0 Å². The van der Waals surface area contributed by atoms with E-state index in [0.717, 1.165) is 11.1 Å². The summed E-state index contributed by atoms with van der Waals surface area (Å²) in [6.45, 7) is 21.9. The van der Waals surface area contributed by atoms with Gasteiger partial charge in [0.05, 0.1) is 17.7 Å². The number of benzene rings is 1. The summed E-state index contributed by atoms with van der Waals surface area (Å²) in [4.78, 5) is 3.24. The van der Waals surface area contributed by atoms with Crippen LogP contribution in [-0.2, 0) is 24.9 Å². The number of pyridine rings is 2. The van der Waals surface area contributed by atoms with Crippen molar-refractivity contribution in [3.8, 4) is 22.5 Å². The van der Waals surface area contributed by atoms with Crippen LogP contribution in [-0.4, -0.2) is 0 Å². The zero-order valence-corrected chi connectivity index (χ0v) is 21.1. The van der Waals surface area contributed by atoms with E-state index in [9.17, 15) is 0 Å². The molecule has 2 heterocycles. The number of halogens is 2. The molecule has 0 amide bonds. The molecule has 5 heteroatoms. The van der Waals surface area contributed by atoms with Gasteiger partial charge in [-0.2, -0.15) is 0 Å². The van der Waals surface area contributed by atoms with Crippen molar-refractivity contribution < 1.29 is 17.9 Å². The Morgan fingerprint density at radius 3 is 1.36 bits per heavy atom. The molecular weight excluding hydrogens is 416 g/mol. The summed E-state index contributed by atoms with van der Waals surface area (Å²) >= 11 is 0. The van der Waals surface area contributed by atoms with Gasteiger partial charge in [-0.3, -0.25) is 0 Å². The van der Waals surface area contributed by atoms with Gasteiger partial charge in [0.25, 0.3) is 5.69 Å². The number of aryl methyl sites for hydroxylation is 2. The molecule has 0 fully saturated rings. The van der Waals surface area contributed by atoms with Crippen LogP contribution in [0.5, 0.6) is 0 Å². The second kappa shape index (κ2) is 8.33. The minimum absolute atomic E-state index is 0.0674. The molecule has 33 heavy (non-hydrogen) atoms. The summed E-state index contributed by atoms with van der Waals surface area (Å²) in [5.41, 5.74) is 3.65. The highest BCUT2D eigenvalue weighted by Crippen LogP contribution is 2.41. The van der Waals surface area contributed by atoms with Crippen LogP contribution in [0.4, 0.5) is 14.5 Å². The molecule has 3 rings (SSSR count). The number of nitrogens with zero attached hydrogens (tertiary/aromatic N) is 3. The van der Waals surface area contributed by atoms with E-state index in [4.69, 9.17) is 6.57 Å². The lowest BCUT2D eigenvalue weighted by Crippen LogP contribution is -2.34. The van der Waals surface area contributed by atoms with Gasteiger partial charge in [-0.1, -0.05) is 41.5 Å². The molecule has 0 radical (unpaired) electrons. The van der Waals surface area contributed by atoms with Crippen LogP contribution >= 0.6 is 0 Å². The van der Waals surface area contributed by atoms with Gasteiger partial charge < -0.3 is 0 Å². The first-order valence-corrected chi connectivity index (χ1v) is 11.1. The fourth-order valence-electron chi connectivity index (χ4n) is 4.12. The Labute approximate surface area is 196 Å². The lowest BCUT2D eigenvalue weighted by Gasteiger charge is -2.19. The molecule has 172 valence electrons. The summed E-state index contributed by atoms with van der Waals surface area (Å²) in [7, 11) is 3.70. The van der Waals surface area contributed by atoms with Crippen LogP contribution < -0.4 is 9.13 Å². The van der Waals surface area contributed by atoms with E-state index in [0.29, 0.717) is 17.0 Å². The molecule has 3 nitrogen and oxygen atoms in total. The van der Waals surface area contributed by atoms with Crippen molar-refractivity contribution in [2.45, 2.75) is 59.3 Å². The highest BCUT2D eigenvalue weighted by Gasteiger charge is 2.32. The van der Waals surface area contributed by atoms with Crippen LogP contribution in [0, 0.1) is 25.1 Å². The Morgan fingerprint density at radius 2 is 1.09 bits per heavy atom. The molecule has 0 saturated heterocycles. The van der Waals surface area contributed by atoms with Crippen molar-refractivity contribution in [2.75, 3.05) is 0 Å². The van der Waals surface area contributed by atoms with E-state index in [2.05, 4.69) is 46.4 Å². The van der Waals surface area contributed by atoms with E-state index in [1.165, 1.54) is 0 Å². The Balaban J connectivity index is 2.35. The van der Waals surface area contributed by atoms with E-state index in [1.54, 1.807) is 6.92 Å². The highest BCUT2D eigenvalue weighted by atomic mass is 19.1. The minimum atomic E-state index is -0.822. The third-order valence-electron chi connectivity index (χ3n) is 6.23. The fourth-order valence-corrected chi connectivity index (χ4v) is 4.12. The molecular formula is C28H33F2N3+2. The quantitative estimate of drug-likeness (QED) is 0.317. The summed E-state index contributed by atoms with van der Waals surface area (Å²) in [6.07, 6.45) is 3.93. The second-order valence-corrected chi connectivity index (χ2v) is 10.8. The van der Waals surface area contributed by atoms with Gasteiger partial charge in [-0.05, 0) is 35.4 Å². The summed E-state index contributed by atoms with van der Waals surface area (Å²) < 4.78 is 34.8. The van der Waals surface area contributed by atoms with Gasteiger partial charge in [0.15, 0.2) is 12.4 Å². The Hall–Kier alpha value is -3.13. The van der Waals surface area contributed by atoms with Crippen molar-refractivity contribution in [1.29, 1.82) is 0 Å². The average molecular weight is 450 g/mol. The van der Waals surface area contributed by atoms with Crippen LogP contribution in [0.15, 0.2) is 36.7 Å². The average Bonchev–Trinajstić information content (AvgIpc) is 2.69. The fraction of sp³-hybridized carbons (Fsp3) is 0.393. The van der Waals surface area contributed by atoms with E-state index in [-0.39, 0.29) is 22.0 Å². The maximum Gasteiger partial charge on any atom is 0.258 e. The smallest absolute Gasteiger partial charge is 0.232 e. The third kappa shape index (κ3) is 4.39. The molecule has 1 aromatic carbocycles. The number of rotatable bonds is 2. The molecule has 0 unspecified atom stereocenters. The lowest BCUT2D eigenvalue weighted by molar-refractivity contribution is -0.661. The zero-order chi connectivity index (χ0) is 24.9. The minimum Gasteiger partial charge on any atom is -0.232 e. The van der Waals surface area contributed by atoms with E-state index in [1.807, 2.05) is 59.9 Å². The molecule has 0 aliphatic rings. The molecule has 2 aromatic heterocycles. The normalized spacial score (nSPS) is 12.1. The number of hydrogen-bond donors (Lipinski definition) is 0. The second-order valence-electron chi connectivity index (χ2n) is 10.8. The van der Waals surface area contributed by atoms with Crippen LogP contribution in [0.2, 0.25) is 0 Å². The monoisotopic (exact) mass is 449 g/mol. The lowest BCUT2D eigenvalue weighted by atomic mass is 9.87. The van der Waals surface area contributed by atoms with Gasteiger partial charge in [0.1, 0.15) is 25.7 Å². The first-order chi connectivity index (χ1) is 15.2. The molecule has 0 bridgehead atoms. The summed E-state index contributed by atoms with van der Waals surface area (Å²) in [5.74, 6) is -1.64. The molecule has 0 aliphatic carbocycles. The molecule has 0 saturated carbocycles. The molecule has 0 aliphatic heterocycles. The van der Waals surface area contributed by atoms with E-state index < -0.39 is 17.3 Å². The van der Waals surface area contributed by atoms with Crippen molar-refractivity contribution in [1.82, 2.24) is 0 Å². The topological polar surface area (TPSA) is 12.1 Å². The van der Waals surface area contributed by atoms with Gasteiger partial charge in [-0.25, -0.2) is 22.8 Å². The largest absolute Gasteiger partial charge is 0.258 e. The summed E-state index contributed by atoms with van der Waals surface area (Å²) in [5, 5.41) is 0. The Kier molecular flexibility index (Phi) is 6.19. The third-order valence-corrected chi connectivity index (χ3v) is 6.23. The van der Waals surface area contributed by atoms with Gasteiger partial charge in [-0.15, -0.1) is 0 Å². The van der Waals surface area contributed by atoms with Crippen LogP contribution in [0.1, 0.15) is 58.2 Å². The predicted octanol–water partition coefficient (Wildman–Crippen LogP) is 6.40. The maximum atomic E-state index is 15.5. The Bertz CT molecular complexity index is 1200. The zero-order valence-electron chi connectivity index (χ0n) is 21.1. The van der Waals surface area contributed by atoms with Gasteiger partial charge in [0.2, 0.25) is 11.4 Å². The number of hydrogen-bond acceptors (Lipinski definition) is 0. The maximum absolute atomic E-state index is 15.5. The molecule has 3 aromatic rings. The summed E-state index contributed by atoms with van der Waals surface area (Å²) in [6, 6.07) is 7.63. The molecule has 0 N–H and O–H groups in total. The molecule has 0 atom stereocenters. The number of aromatic nitrogens is 2.